The molecule has 1 rings (SSSR count). The van der Waals surface area contributed by atoms with Crippen LogP contribution < -0.4 is 0 Å². The lowest BCUT2D eigenvalue weighted by Crippen LogP contribution is -2.64. The first-order valence-corrected chi connectivity index (χ1v) is 24.1. The zero-order chi connectivity index (χ0) is 44.3. The molecule has 0 spiro atoms. The van der Waals surface area contributed by atoms with Crippen molar-refractivity contribution in [2.45, 2.75) is 204 Å². The van der Waals surface area contributed by atoms with E-state index >= 15 is 0 Å². The summed E-state index contributed by atoms with van der Waals surface area (Å²) in [7, 11) is -5.14. The number of unbranched alkanes of at least 4 members (excludes halogenated alkanes) is 14. The number of allylic oxidation sites excluding steroid dienone is 10. The van der Waals surface area contributed by atoms with Gasteiger partial charge in [0.25, 0.3) is 0 Å². The summed E-state index contributed by atoms with van der Waals surface area (Å²) in [6.45, 7) is 3.18. The zero-order valence-corrected chi connectivity index (χ0v) is 37.4. The van der Waals surface area contributed by atoms with Gasteiger partial charge in [0.2, 0.25) is 0 Å². The molecule has 0 heterocycles. The van der Waals surface area contributed by atoms with Gasteiger partial charge in [0.05, 0.1) is 6.61 Å². The lowest BCUT2D eigenvalue weighted by atomic mass is 9.85. The number of rotatable bonds is 36. The van der Waals surface area contributed by atoms with Crippen molar-refractivity contribution in [3.63, 3.8) is 0 Å². The van der Waals surface area contributed by atoms with Crippen LogP contribution in [0.3, 0.4) is 0 Å². The molecule has 0 aromatic heterocycles. The van der Waals surface area contributed by atoms with Crippen molar-refractivity contribution in [2.24, 2.45) is 0 Å². The Kier molecular flexibility index (Phi) is 33.4. The minimum atomic E-state index is -5.14. The summed E-state index contributed by atoms with van der Waals surface area (Å²) in [5.41, 5.74) is 0. The number of carbonyl (C=O) groups excluding carboxylic acids is 2. The van der Waals surface area contributed by atoms with Crippen LogP contribution in [0.1, 0.15) is 162 Å². The highest BCUT2D eigenvalue weighted by atomic mass is 31.2. The summed E-state index contributed by atoms with van der Waals surface area (Å²) in [4.78, 5) is 35.6. The number of phosphoric acid groups is 1. The largest absolute Gasteiger partial charge is 0.472 e. The highest BCUT2D eigenvalue weighted by molar-refractivity contribution is 7.47. The fourth-order valence-corrected chi connectivity index (χ4v) is 7.35. The second-order valence-corrected chi connectivity index (χ2v) is 16.9. The van der Waals surface area contributed by atoms with E-state index in [1.165, 1.54) is 51.4 Å². The molecular weight excluding hydrogens is 791 g/mol. The highest BCUT2D eigenvalue weighted by Gasteiger charge is 2.51. The standard InChI is InChI=1S/C46H79O13P/c1-3-5-7-9-11-13-15-17-19-20-21-23-25-27-29-31-33-35-40(48)58-38(37-57-60(54,55)59-46-44(52)42(50)41(49)43(51)45(46)53)36-56-39(47)34-32-30-28-26-24-22-18-16-14-12-10-8-6-4-2/h10,12,16-19,21,23,27,29,38,41-46,49-53H,3-9,11,13-15,20,22,24-26,28,30-37H2,1-2H3,(H,54,55)/b12-10+,18-16+,19-17+,23-21+,29-27+/t38-,41?,42-,43?,44?,45?,46?/m1/s1. The van der Waals surface area contributed by atoms with Crippen molar-refractivity contribution in [2.75, 3.05) is 13.2 Å². The molecule has 0 radical (unpaired) electrons. The fourth-order valence-electron chi connectivity index (χ4n) is 6.38. The van der Waals surface area contributed by atoms with Gasteiger partial charge in [-0.2, -0.15) is 0 Å². The van der Waals surface area contributed by atoms with Crippen LogP contribution in [0.2, 0.25) is 0 Å². The first-order chi connectivity index (χ1) is 28.9. The van der Waals surface area contributed by atoms with Crippen LogP contribution in [-0.4, -0.2) is 98.3 Å². The van der Waals surface area contributed by atoms with E-state index < -0.39 is 75.7 Å². The van der Waals surface area contributed by atoms with Crippen molar-refractivity contribution < 1.29 is 63.1 Å². The quantitative estimate of drug-likeness (QED) is 0.0151. The van der Waals surface area contributed by atoms with Crippen molar-refractivity contribution >= 4 is 19.8 Å². The first-order valence-electron chi connectivity index (χ1n) is 22.6. The Balaban J connectivity index is 2.53. The van der Waals surface area contributed by atoms with Gasteiger partial charge in [-0.3, -0.25) is 18.6 Å². The van der Waals surface area contributed by atoms with Gasteiger partial charge in [0.1, 0.15) is 43.2 Å². The van der Waals surface area contributed by atoms with Gasteiger partial charge in [-0.1, -0.05) is 139 Å². The molecule has 6 N–H and O–H groups in total. The van der Waals surface area contributed by atoms with E-state index in [9.17, 15) is 44.6 Å². The molecule has 60 heavy (non-hydrogen) atoms. The second kappa shape index (κ2) is 36.1. The van der Waals surface area contributed by atoms with Crippen LogP contribution in [0.4, 0.5) is 0 Å². The van der Waals surface area contributed by atoms with E-state index in [4.69, 9.17) is 18.5 Å². The maximum atomic E-state index is 12.8. The van der Waals surface area contributed by atoms with Gasteiger partial charge in [-0.25, -0.2) is 4.57 Å². The highest BCUT2D eigenvalue weighted by Crippen LogP contribution is 2.47. The lowest BCUT2D eigenvalue weighted by Gasteiger charge is -2.41. The molecule has 6 unspecified atom stereocenters. The maximum Gasteiger partial charge on any atom is 0.472 e. The number of ether oxygens (including phenoxy) is 2. The SMILES string of the molecule is CCCC/C=C/C/C=C/CCCCCCCC(=O)OC[C@H](COP(=O)(O)OC1C(O)C(O)C(O)[C@@H](O)C1O)OC(=O)CCC/C=C/C/C=C/C/C=C/CCCCCCCC. The second-order valence-electron chi connectivity index (χ2n) is 15.5. The number of aliphatic hydroxyl groups excluding tert-OH is 5. The summed E-state index contributed by atoms with van der Waals surface area (Å²) in [5, 5.41) is 50.1. The number of hydrogen-bond acceptors (Lipinski definition) is 12. The summed E-state index contributed by atoms with van der Waals surface area (Å²) in [6, 6.07) is 0. The summed E-state index contributed by atoms with van der Waals surface area (Å²) >= 11 is 0. The van der Waals surface area contributed by atoms with E-state index in [-0.39, 0.29) is 12.8 Å². The number of aliphatic hydroxyl groups is 5. The monoisotopic (exact) mass is 871 g/mol. The van der Waals surface area contributed by atoms with Crippen LogP contribution in [0, 0.1) is 0 Å². The summed E-state index contributed by atoms with van der Waals surface area (Å²) in [5.74, 6) is -1.18. The molecule has 0 aromatic carbocycles. The molecule has 1 fully saturated rings. The molecular formula is C46H79O13P. The third kappa shape index (κ3) is 28.2. The minimum Gasteiger partial charge on any atom is -0.462 e. The van der Waals surface area contributed by atoms with Crippen LogP contribution in [0.5, 0.6) is 0 Å². The van der Waals surface area contributed by atoms with Gasteiger partial charge >= 0.3 is 19.8 Å². The smallest absolute Gasteiger partial charge is 0.462 e. The average molecular weight is 871 g/mol. The predicted octanol–water partition coefficient (Wildman–Crippen LogP) is 8.55. The Hall–Kier alpha value is -2.45. The van der Waals surface area contributed by atoms with E-state index in [1.54, 1.807) is 0 Å². The van der Waals surface area contributed by atoms with E-state index in [0.29, 0.717) is 19.3 Å². The minimum absolute atomic E-state index is 0.0196. The zero-order valence-electron chi connectivity index (χ0n) is 36.5. The Labute approximate surface area is 360 Å². The van der Waals surface area contributed by atoms with Gasteiger partial charge in [0.15, 0.2) is 6.10 Å². The van der Waals surface area contributed by atoms with Crippen molar-refractivity contribution in [1.82, 2.24) is 0 Å². The van der Waals surface area contributed by atoms with E-state index in [1.807, 2.05) is 12.2 Å². The molecule has 0 bridgehead atoms. The van der Waals surface area contributed by atoms with E-state index in [2.05, 4.69) is 62.5 Å². The number of phosphoric ester groups is 1. The average Bonchev–Trinajstić information content (AvgIpc) is 3.23. The Morgan fingerprint density at radius 2 is 0.933 bits per heavy atom. The number of hydrogen-bond donors (Lipinski definition) is 6. The van der Waals surface area contributed by atoms with Crippen LogP contribution in [-0.2, 0) is 32.7 Å². The van der Waals surface area contributed by atoms with Crippen molar-refractivity contribution in [3.05, 3.63) is 60.8 Å². The molecule has 1 aliphatic carbocycles. The molecule has 0 amide bonds. The molecule has 1 saturated carbocycles. The first kappa shape index (κ1) is 55.6. The molecule has 0 aromatic rings. The predicted molar refractivity (Wildman–Crippen MR) is 235 cm³/mol. The van der Waals surface area contributed by atoms with Gasteiger partial charge in [-0.05, 0) is 70.6 Å². The van der Waals surface area contributed by atoms with Crippen molar-refractivity contribution in [3.8, 4) is 0 Å². The normalized spacial score (nSPS) is 22.7. The van der Waals surface area contributed by atoms with Crippen LogP contribution >= 0.6 is 7.82 Å². The van der Waals surface area contributed by atoms with Crippen LogP contribution in [0.25, 0.3) is 0 Å². The molecule has 14 heteroatoms. The fraction of sp³-hybridized carbons (Fsp3) is 0.739. The topological polar surface area (TPSA) is 210 Å². The van der Waals surface area contributed by atoms with Crippen molar-refractivity contribution in [1.29, 1.82) is 0 Å². The summed E-state index contributed by atoms with van der Waals surface area (Å²) in [6.07, 6.45) is 30.0. The molecule has 346 valence electrons. The van der Waals surface area contributed by atoms with Gasteiger partial charge in [-0.15, -0.1) is 0 Å². The Bertz CT molecular complexity index is 1280. The molecule has 0 aliphatic heterocycles. The number of esters is 2. The maximum absolute atomic E-state index is 12.8. The van der Waals surface area contributed by atoms with Gasteiger partial charge < -0.3 is 39.9 Å². The summed E-state index contributed by atoms with van der Waals surface area (Å²) < 4.78 is 33.4. The third-order valence-electron chi connectivity index (χ3n) is 10.1. The van der Waals surface area contributed by atoms with E-state index in [0.717, 1.165) is 64.2 Å². The number of carbonyl (C=O) groups is 2. The van der Waals surface area contributed by atoms with Crippen LogP contribution in [0.15, 0.2) is 60.8 Å². The Morgan fingerprint density at radius 3 is 1.47 bits per heavy atom. The molecule has 0 saturated heterocycles. The molecule has 13 nitrogen and oxygen atoms in total. The Morgan fingerprint density at radius 1 is 0.517 bits per heavy atom. The molecule has 8 atom stereocenters. The van der Waals surface area contributed by atoms with Gasteiger partial charge in [0, 0.05) is 12.8 Å². The third-order valence-corrected chi connectivity index (χ3v) is 11.1. The lowest BCUT2D eigenvalue weighted by molar-refractivity contribution is -0.220. The molecule has 1 aliphatic rings.